The number of primary amides is 1. The molecule has 1 rings (SSSR count). The van der Waals surface area contributed by atoms with Gasteiger partial charge < -0.3 is 32.1 Å². The fourth-order valence-corrected chi connectivity index (χ4v) is 2.26. The fourth-order valence-electron chi connectivity index (χ4n) is 2.26. The Morgan fingerprint density at radius 3 is 2.44 bits per heavy atom. The highest BCUT2D eigenvalue weighted by atomic mass is 16.4. The number of hydrogen-bond donors (Lipinski definition) is 6. The van der Waals surface area contributed by atoms with E-state index in [-0.39, 0.29) is 18.7 Å². The van der Waals surface area contributed by atoms with Gasteiger partial charge in [-0.05, 0) is 25.8 Å². The van der Waals surface area contributed by atoms with Crippen LogP contribution in [0.25, 0.3) is 0 Å². The van der Waals surface area contributed by atoms with Crippen molar-refractivity contribution in [1.82, 2.24) is 21.3 Å². The number of carbonyl (C=O) groups is 5. The van der Waals surface area contributed by atoms with Crippen molar-refractivity contribution < 1.29 is 29.1 Å². The molecule has 1 fully saturated rings. The lowest BCUT2D eigenvalue weighted by Crippen LogP contribution is -2.53. The van der Waals surface area contributed by atoms with Crippen LogP contribution in [-0.2, 0) is 24.0 Å². The third-order valence-electron chi connectivity index (χ3n) is 3.55. The van der Waals surface area contributed by atoms with Crippen molar-refractivity contribution in [3.8, 4) is 0 Å². The quantitative estimate of drug-likeness (QED) is 0.238. The van der Waals surface area contributed by atoms with Gasteiger partial charge in [0.2, 0.25) is 23.6 Å². The van der Waals surface area contributed by atoms with E-state index in [1.807, 2.05) is 0 Å². The summed E-state index contributed by atoms with van der Waals surface area (Å²) in [4.78, 5) is 56.9. The zero-order valence-corrected chi connectivity index (χ0v) is 13.7. The van der Waals surface area contributed by atoms with Crippen molar-refractivity contribution >= 4 is 29.6 Å². The standard InChI is InChI=1S/C14H23N5O6/c15-10(20)4-3-9(19-14(25)8-2-1-5-16-8)13(24)18-6-11(21)17-7-12(22)23/h8-9,16H,1-7H2,(H2,15,20)(H,17,21)(H,18,24)(H,19,25)(H,22,23)/t8-,9-/m0/s1. The molecule has 1 heterocycles. The molecule has 1 aliphatic heterocycles. The van der Waals surface area contributed by atoms with E-state index < -0.39 is 48.9 Å². The second kappa shape index (κ2) is 10.2. The molecule has 0 saturated carbocycles. The summed E-state index contributed by atoms with van der Waals surface area (Å²) in [6.45, 7) is -0.305. The highest BCUT2D eigenvalue weighted by Crippen LogP contribution is 2.06. The SMILES string of the molecule is NC(=O)CC[C@H](NC(=O)[C@@H]1CCCN1)C(=O)NCC(=O)NCC(=O)O. The monoisotopic (exact) mass is 357 g/mol. The number of rotatable bonds is 10. The predicted octanol–water partition coefficient (Wildman–Crippen LogP) is -3.19. The molecule has 11 heteroatoms. The van der Waals surface area contributed by atoms with Crippen molar-refractivity contribution in [2.24, 2.45) is 5.73 Å². The average Bonchev–Trinajstić information content (AvgIpc) is 3.08. The minimum absolute atomic E-state index is 0.00360. The van der Waals surface area contributed by atoms with Crippen LogP contribution in [0.4, 0.5) is 0 Å². The van der Waals surface area contributed by atoms with Crippen molar-refractivity contribution in [3.63, 3.8) is 0 Å². The van der Waals surface area contributed by atoms with Gasteiger partial charge in [-0.25, -0.2) is 0 Å². The molecule has 0 aromatic rings. The minimum atomic E-state index is -1.21. The molecule has 1 saturated heterocycles. The Labute approximate surface area is 144 Å². The van der Waals surface area contributed by atoms with Crippen LogP contribution < -0.4 is 27.0 Å². The Bertz CT molecular complexity index is 532. The van der Waals surface area contributed by atoms with E-state index in [1.54, 1.807) is 0 Å². The second-order valence-electron chi connectivity index (χ2n) is 5.60. The lowest BCUT2D eigenvalue weighted by atomic mass is 10.1. The highest BCUT2D eigenvalue weighted by molar-refractivity contribution is 5.92. The first-order valence-electron chi connectivity index (χ1n) is 7.88. The van der Waals surface area contributed by atoms with E-state index in [0.717, 1.165) is 6.42 Å². The molecule has 140 valence electrons. The second-order valence-corrected chi connectivity index (χ2v) is 5.60. The van der Waals surface area contributed by atoms with Gasteiger partial charge in [-0.1, -0.05) is 0 Å². The molecule has 0 aromatic carbocycles. The van der Waals surface area contributed by atoms with Gasteiger partial charge in [0.1, 0.15) is 12.6 Å². The van der Waals surface area contributed by atoms with Gasteiger partial charge in [0.25, 0.3) is 0 Å². The van der Waals surface area contributed by atoms with Gasteiger partial charge in [-0.15, -0.1) is 0 Å². The summed E-state index contributed by atoms with van der Waals surface area (Å²) in [6.07, 6.45) is 1.38. The third kappa shape index (κ3) is 8.11. The fraction of sp³-hybridized carbons (Fsp3) is 0.643. The summed E-state index contributed by atoms with van der Waals surface area (Å²) in [7, 11) is 0. The van der Waals surface area contributed by atoms with Crippen molar-refractivity contribution in [2.45, 2.75) is 37.8 Å². The van der Waals surface area contributed by atoms with Gasteiger partial charge in [0, 0.05) is 6.42 Å². The van der Waals surface area contributed by atoms with Gasteiger partial charge in [-0.3, -0.25) is 24.0 Å². The van der Waals surface area contributed by atoms with Crippen LogP contribution in [-0.4, -0.2) is 66.4 Å². The molecule has 2 atom stereocenters. The predicted molar refractivity (Wildman–Crippen MR) is 85.0 cm³/mol. The van der Waals surface area contributed by atoms with Crippen molar-refractivity contribution in [2.75, 3.05) is 19.6 Å². The Hall–Kier alpha value is -2.69. The van der Waals surface area contributed by atoms with Crippen LogP contribution in [0.3, 0.4) is 0 Å². The third-order valence-corrected chi connectivity index (χ3v) is 3.55. The van der Waals surface area contributed by atoms with Gasteiger partial charge in [0.05, 0.1) is 12.6 Å². The molecule has 25 heavy (non-hydrogen) atoms. The van der Waals surface area contributed by atoms with Gasteiger partial charge in [0.15, 0.2) is 0 Å². The van der Waals surface area contributed by atoms with Crippen molar-refractivity contribution in [1.29, 1.82) is 0 Å². The number of carboxylic acid groups (broad SMARTS) is 1. The van der Waals surface area contributed by atoms with Crippen LogP contribution >= 0.6 is 0 Å². The van der Waals surface area contributed by atoms with Crippen LogP contribution in [0.1, 0.15) is 25.7 Å². The molecule has 0 spiro atoms. The smallest absolute Gasteiger partial charge is 0.322 e. The van der Waals surface area contributed by atoms with Gasteiger partial charge >= 0.3 is 5.97 Å². The maximum atomic E-state index is 12.2. The lowest BCUT2D eigenvalue weighted by Gasteiger charge is -2.20. The molecule has 4 amide bonds. The Morgan fingerprint density at radius 2 is 1.88 bits per heavy atom. The minimum Gasteiger partial charge on any atom is -0.480 e. The normalized spacial score (nSPS) is 17.4. The number of nitrogens with two attached hydrogens (primary N) is 1. The molecule has 1 aliphatic rings. The summed E-state index contributed by atoms with van der Waals surface area (Å²) >= 11 is 0. The number of carbonyl (C=O) groups excluding carboxylic acids is 4. The highest BCUT2D eigenvalue weighted by Gasteiger charge is 2.27. The molecule has 0 unspecified atom stereocenters. The molecule has 0 aliphatic carbocycles. The number of nitrogens with one attached hydrogen (secondary N) is 4. The molecular formula is C14H23N5O6. The van der Waals surface area contributed by atoms with Crippen LogP contribution in [0, 0.1) is 0 Å². The summed E-state index contributed by atoms with van der Waals surface area (Å²) in [5.41, 5.74) is 5.07. The average molecular weight is 357 g/mol. The molecule has 0 aromatic heterocycles. The topological polar surface area (TPSA) is 180 Å². The first-order chi connectivity index (χ1) is 11.8. The van der Waals surface area contributed by atoms with E-state index in [2.05, 4.69) is 21.3 Å². The number of aliphatic carboxylic acids is 1. The zero-order valence-electron chi connectivity index (χ0n) is 13.7. The number of carboxylic acids is 1. The molecular weight excluding hydrogens is 334 g/mol. The van der Waals surface area contributed by atoms with Crippen LogP contribution in [0.5, 0.6) is 0 Å². The Kier molecular flexibility index (Phi) is 8.33. The lowest BCUT2D eigenvalue weighted by molar-refractivity contribution is -0.138. The maximum Gasteiger partial charge on any atom is 0.322 e. The number of hydrogen-bond acceptors (Lipinski definition) is 6. The summed E-state index contributed by atoms with van der Waals surface area (Å²) in [5.74, 6) is -3.54. The molecule has 11 nitrogen and oxygen atoms in total. The summed E-state index contributed by atoms with van der Waals surface area (Å²) in [5, 5.41) is 18.4. The van der Waals surface area contributed by atoms with E-state index in [9.17, 15) is 24.0 Å². The largest absolute Gasteiger partial charge is 0.480 e. The molecule has 7 N–H and O–H groups in total. The summed E-state index contributed by atoms with van der Waals surface area (Å²) < 4.78 is 0. The van der Waals surface area contributed by atoms with Gasteiger partial charge in [-0.2, -0.15) is 0 Å². The maximum absolute atomic E-state index is 12.2. The zero-order chi connectivity index (χ0) is 18.8. The first-order valence-corrected chi connectivity index (χ1v) is 7.88. The first kappa shape index (κ1) is 20.4. The molecule has 0 bridgehead atoms. The molecule has 0 radical (unpaired) electrons. The van der Waals surface area contributed by atoms with E-state index in [1.165, 1.54) is 0 Å². The van der Waals surface area contributed by atoms with Crippen LogP contribution in [0.15, 0.2) is 0 Å². The van der Waals surface area contributed by atoms with Crippen LogP contribution in [0.2, 0.25) is 0 Å². The Morgan fingerprint density at radius 1 is 1.16 bits per heavy atom. The van der Waals surface area contributed by atoms with E-state index >= 15 is 0 Å². The summed E-state index contributed by atoms with van der Waals surface area (Å²) in [6, 6.07) is -1.42. The van der Waals surface area contributed by atoms with E-state index in [4.69, 9.17) is 10.8 Å². The Balaban J connectivity index is 2.53. The van der Waals surface area contributed by atoms with Crippen molar-refractivity contribution in [3.05, 3.63) is 0 Å². The van der Waals surface area contributed by atoms with E-state index in [0.29, 0.717) is 13.0 Å². The number of amides is 4.